The third-order valence-corrected chi connectivity index (χ3v) is 2.28. The van der Waals surface area contributed by atoms with Gasteiger partial charge < -0.3 is 9.72 Å². The minimum absolute atomic E-state index is 0.101. The predicted octanol–water partition coefficient (Wildman–Crippen LogP) is 3.08. The van der Waals surface area contributed by atoms with E-state index >= 15 is 0 Å². The molecule has 100 valence electrons. The van der Waals surface area contributed by atoms with Gasteiger partial charge in [-0.15, -0.1) is 13.2 Å². The number of hydrogen-bond donors (Lipinski definition) is 1. The molecule has 1 N–H and O–H groups in total. The Bertz CT molecular complexity index is 649. The highest BCUT2D eigenvalue weighted by atomic mass is 19.4. The van der Waals surface area contributed by atoms with Crippen LogP contribution in [0.25, 0.3) is 11.1 Å². The second-order valence-electron chi connectivity index (χ2n) is 3.61. The van der Waals surface area contributed by atoms with Gasteiger partial charge in [-0.3, -0.25) is 4.79 Å². The van der Waals surface area contributed by atoms with Crippen LogP contribution in [0.5, 0.6) is 5.75 Å². The van der Waals surface area contributed by atoms with Crippen LogP contribution in [0.2, 0.25) is 0 Å². The molecule has 2 rings (SSSR count). The Morgan fingerprint density at radius 2 is 1.89 bits per heavy atom. The van der Waals surface area contributed by atoms with Crippen LogP contribution in [0.4, 0.5) is 17.6 Å². The molecule has 0 aliphatic rings. The van der Waals surface area contributed by atoms with Crippen molar-refractivity contribution in [3.63, 3.8) is 0 Å². The fourth-order valence-electron chi connectivity index (χ4n) is 1.54. The summed E-state index contributed by atoms with van der Waals surface area (Å²) < 4.78 is 53.5. The molecule has 0 aliphatic heterocycles. The number of aromatic amines is 1. The van der Waals surface area contributed by atoms with E-state index in [4.69, 9.17) is 0 Å². The molecule has 0 saturated carbocycles. The first-order valence-electron chi connectivity index (χ1n) is 5.10. The number of aromatic nitrogens is 1. The molecular weight excluding hydrogens is 266 g/mol. The highest BCUT2D eigenvalue weighted by Crippen LogP contribution is 2.28. The molecule has 0 amide bonds. The normalized spacial score (nSPS) is 11.4. The van der Waals surface area contributed by atoms with Crippen LogP contribution >= 0.6 is 0 Å². The summed E-state index contributed by atoms with van der Waals surface area (Å²) in [6.45, 7) is 0. The van der Waals surface area contributed by atoms with Gasteiger partial charge in [0.2, 0.25) is 0 Å². The van der Waals surface area contributed by atoms with Crippen molar-refractivity contribution in [1.82, 2.24) is 4.98 Å². The molecule has 0 aliphatic carbocycles. The lowest BCUT2D eigenvalue weighted by Crippen LogP contribution is -2.17. The summed E-state index contributed by atoms with van der Waals surface area (Å²) in [6.07, 6.45) is -3.62. The Kier molecular flexibility index (Phi) is 3.28. The fraction of sp³-hybridized carbons (Fsp3) is 0.0833. The number of halogens is 4. The number of alkyl halides is 3. The van der Waals surface area contributed by atoms with Crippen molar-refractivity contribution in [1.29, 1.82) is 0 Å². The highest BCUT2D eigenvalue weighted by molar-refractivity contribution is 5.65. The second kappa shape index (κ2) is 4.75. The van der Waals surface area contributed by atoms with Crippen molar-refractivity contribution in [3.05, 3.63) is 52.7 Å². The first-order valence-corrected chi connectivity index (χ1v) is 5.10. The molecule has 0 spiro atoms. The van der Waals surface area contributed by atoms with Crippen molar-refractivity contribution >= 4 is 0 Å². The van der Waals surface area contributed by atoms with Gasteiger partial charge in [0.05, 0.1) is 0 Å². The van der Waals surface area contributed by atoms with Crippen LogP contribution < -0.4 is 10.3 Å². The lowest BCUT2D eigenvalue weighted by Gasteiger charge is -2.10. The number of benzene rings is 1. The Labute approximate surface area is 104 Å². The lowest BCUT2D eigenvalue weighted by atomic mass is 10.1. The first-order chi connectivity index (χ1) is 8.87. The summed E-state index contributed by atoms with van der Waals surface area (Å²) in [5.41, 5.74) is -0.929. The largest absolute Gasteiger partial charge is 0.573 e. The van der Waals surface area contributed by atoms with Gasteiger partial charge in [0.25, 0.3) is 5.56 Å². The van der Waals surface area contributed by atoms with Crippen LogP contribution in [0.3, 0.4) is 0 Å². The molecule has 0 saturated heterocycles. The van der Waals surface area contributed by atoms with Crippen molar-refractivity contribution < 1.29 is 22.3 Å². The molecule has 3 nitrogen and oxygen atoms in total. The van der Waals surface area contributed by atoms with E-state index in [1.807, 2.05) is 0 Å². The molecule has 0 radical (unpaired) electrons. The quantitative estimate of drug-likeness (QED) is 0.854. The van der Waals surface area contributed by atoms with E-state index in [0.29, 0.717) is 0 Å². The number of rotatable bonds is 2. The van der Waals surface area contributed by atoms with Crippen LogP contribution in [-0.4, -0.2) is 11.3 Å². The van der Waals surface area contributed by atoms with Crippen LogP contribution in [0, 0.1) is 5.82 Å². The third-order valence-electron chi connectivity index (χ3n) is 2.28. The average Bonchev–Trinajstić information content (AvgIpc) is 2.31. The monoisotopic (exact) mass is 273 g/mol. The lowest BCUT2D eigenvalue weighted by molar-refractivity contribution is -0.274. The summed E-state index contributed by atoms with van der Waals surface area (Å²) in [7, 11) is 0. The molecule has 0 bridgehead atoms. The molecule has 0 atom stereocenters. The van der Waals surface area contributed by atoms with Gasteiger partial charge in [-0.1, -0.05) is 12.1 Å². The zero-order chi connectivity index (χ0) is 14.0. The van der Waals surface area contributed by atoms with E-state index in [1.165, 1.54) is 24.4 Å². The minimum atomic E-state index is -4.83. The highest BCUT2D eigenvalue weighted by Gasteiger charge is 2.31. The molecule has 2 aromatic rings. The zero-order valence-electron chi connectivity index (χ0n) is 9.29. The fourth-order valence-corrected chi connectivity index (χ4v) is 1.54. The summed E-state index contributed by atoms with van der Waals surface area (Å²) in [5, 5.41) is 0. The molecule has 1 aromatic carbocycles. The summed E-state index contributed by atoms with van der Waals surface area (Å²) in [6, 6.07) is 6.00. The molecule has 0 unspecified atom stereocenters. The van der Waals surface area contributed by atoms with Crippen molar-refractivity contribution in [2.75, 3.05) is 0 Å². The molecule has 0 fully saturated rings. The van der Waals surface area contributed by atoms with Gasteiger partial charge in [0, 0.05) is 11.8 Å². The van der Waals surface area contributed by atoms with E-state index in [1.54, 1.807) is 0 Å². The van der Waals surface area contributed by atoms with E-state index in [0.717, 1.165) is 12.1 Å². The topological polar surface area (TPSA) is 42.1 Å². The Morgan fingerprint density at radius 3 is 2.58 bits per heavy atom. The van der Waals surface area contributed by atoms with E-state index < -0.39 is 23.5 Å². The second-order valence-corrected chi connectivity index (χ2v) is 3.61. The minimum Gasteiger partial charge on any atom is -0.406 e. The SMILES string of the molecule is O=c1[nH]ccc(-c2cccc(OC(F)(F)F)c2)c1F. The maximum atomic E-state index is 13.6. The molecular formula is C12H7F4NO2. The number of pyridine rings is 1. The van der Waals surface area contributed by atoms with Crippen molar-refractivity contribution in [2.45, 2.75) is 6.36 Å². The third kappa shape index (κ3) is 3.12. The van der Waals surface area contributed by atoms with Gasteiger partial charge in [-0.2, -0.15) is 0 Å². The Morgan fingerprint density at radius 1 is 1.16 bits per heavy atom. The molecule has 19 heavy (non-hydrogen) atoms. The summed E-state index contributed by atoms with van der Waals surface area (Å²) >= 11 is 0. The molecule has 7 heteroatoms. The Balaban J connectivity index is 2.44. The van der Waals surface area contributed by atoms with Gasteiger partial charge in [0.1, 0.15) is 5.75 Å². The average molecular weight is 273 g/mol. The molecule has 1 heterocycles. The maximum absolute atomic E-state index is 13.6. The van der Waals surface area contributed by atoms with Gasteiger partial charge in [-0.05, 0) is 23.8 Å². The summed E-state index contributed by atoms with van der Waals surface area (Å²) in [4.78, 5) is 13.2. The van der Waals surface area contributed by atoms with Crippen LogP contribution in [0.15, 0.2) is 41.3 Å². The van der Waals surface area contributed by atoms with E-state index in [-0.39, 0.29) is 11.1 Å². The van der Waals surface area contributed by atoms with Gasteiger partial charge >= 0.3 is 6.36 Å². The van der Waals surface area contributed by atoms with E-state index in [9.17, 15) is 22.4 Å². The Hall–Kier alpha value is -2.31. The smallest absolute Gasteiger partial charge is 0.406 e. The van der Waals surface area contributed by atoms with Crippen molar-refractivity contribution in [2.24, 2.45) is 0 Å². The maximum Gasteiger partial charge on any atom is 0.573 e. The van der Waals surface area contributed by atoms with Crippen LogP contribution in [-0.2, 0) is 0 Å². The zero-order valence-corrected chi connectivity index (χ0v) is 9.29. The predicted molar refractivity (Wildman–Crippen MR) is 59.1 cm³/mol. The number of ether oxygens (including phenoxy) is 1. The number of hydrogen-bond acceptors (Lipinski definition) is 2. The standard InChI is InChI=1S/C12H7F4NO2/c13-10-9(4-5-17-11(10)18)7-2-1-3-8(6-7)19-12(14,15)16/h1-6H,(H,17,18). The van der Waals surface area contributed by atoms with Gasteiger partial charge in [0.15, 0.2) is 5.82 Å². The first kappa shape index (κ1) is 13.1. The van der Waals surface area contributed by atoms with Crippen molar-refractivity contribution in [3.8, 4) is 16.9 Å². The van der Waals surface area contributed by atoms with E-state index in [2.05, 4.69) is 9.72 Å². The summed E-state index contributed by atoms with van der Waals surface area (Å²) in [5.74, 6) is -1.55. The van der Waals surface area contributed by atoms with Crippen LogP contribution in [0.1, 0.15) is 0 Å². The number of nitrogens with one attached hydrogen (secondary N) is 1. The van der Waals surface area contributed by atoms with Gasteiger partial charge in [-0.25, -0.2) is 4.39 Å². The number of H-pyrrole nitrogens is 1. The molecule has 1 aromatic heterocycles.